The maximum atomic E-state index is 13.8. The smallest absolute Gasteiger partial charge is 0.270 e. The van der Waals surface area contributed by atoms with Crippen LogP contribution in [-0.2, 0) is 11.3 Å². The van der Waals surface area contributed by atoms with E-state index in [1.54, 1.807) is 12.1 Å². The number of anilines is 1. The van der Waals surface area contributed by atoms with E-state index in [-0.39, 0.29) is 41.4 Å². The summed E-state index contributed by atoms with van der Waals surface area (Å²) < 4.78 is 14.8. The summed E-state index contributed by atoms with van der Waals surface area (Å²) in [7, 11) is 0. The van der Waals surface area contributed by atoms with Crippen LogP contribution in [0.15, 0.2) is 18.2 Å². The molecule has 1 aliphatic rings. The minimum atomic E-state index is -0.815. The molecule has 0 bridgehead atoms. The molecular formula is C24H33N5O5S. The van der Waals surface area contributed by atoms with E-state index in [0.29, 0.717) is 30.4 Å². The number of nitrogen functional groups attached to an aromatic ring is 1. The minimum Gasteiger partial charge on any atom is -0.454 e. The van der Waals surface area contributed by atoms with Crippen molar-refractivity contribution in [3.8, 4) is 11.5 Å². The summed E-state index contributed by atoms with van der Waals surface area (Å²) in [4.78, 5) is 40.3. The van der Waals surface area contributed by atoms with Crippen LogP contribution in [0.5, 0.6) is 11.5 Å². The number of fused-ring (bicyclic) bond motifs is 1. The monoisotopic (exact) mass is 503 g/mol. The first-order valence-corrected chi connectivity index (χ1v) is 12.4. The SMILES string of the molecule is CC(C)CCNC(=O)[C@H](CC(C)C)N(Cc1ccc2c(c1)OCO2)C(=O)c1snc(C(N)=O)c1N. The van der Waals surface area contributed by atoms with Gasteiger partial charge in [-0.2, -0.15) is 4.37 Å². The third-order valence-corrected chi connectivity index (χ3v) is 6.45. The molecule has 1 aliphatic heterocycles. The van der Waals surface area contributed by atoms with Gasteiger partial charge in [-0.1, -0.05) is 33.8 Å². The summed E-state index contributed by atoms with van der Waals surface area (Å²) in [5, 5.41) is 2.98. The highest BCUT2D eigenvalue weighted by molar-refractivity contribution is 7.09. The van der Waals surface area contributed by atoms with Crippen molar-refractivity contribution >= 4 is 34.9 Å². The van der Waals surface area contributed by atoms with Gasteiger partial charge in [-0.15, -0.1) is 0 Å². The first-order valence-electron chi connectivity index (χ1n) is 11.6. The number of carbonyl (C=O) groups excluding carboxylic acids is 3. The Morgan fingerprint density at radius 1 is 1.14 bits per heavy atom. The van der Waals surface area contributed by atoms with Crippen molar-refractivity contribution in [2.24, 2.45) is 17.6 Å². The molecule has 2 heterocycles. The molecule has 1 atom stereocenters. The number of nitrogens with zero attached hydrogens (tertiary/aromatic N) is 2. The topological polar surface area (TPSA) is 150 Å². The number of aromatic nitrogens is 1. The number of amides is 3. The van der Waals surface area contributed by atoms with Crippen molar-refractivity contribution < 1.29 is 23.9 Å². The highest BCUT2D eigenvalue weighted by atomic mass is 32.1. The molecule has 35 heavy (non-hydrogen) atoms. The summed E-state index contributed by atoms with van der Waals surface area (Å²) in [6.45, 7) is 8.89. The molecule has 1 aromatic heterocycles. The highest BCUT2D eigenvalue weighted by Gasteiger charge is 2.34. The van der Waals surface area contributed by atoms with Crippen molar-refractivity contribution in [3.05, 3.63) is 34.3 Å². The zero-order chi connectivity index (χ0) is 25.7. The first kappa shape index (κ1) is 26.3. The van der Waals surface area contributed by atoms with E-state index in [0.717, 1.165) is 23.5 Å². The lowest BCUT2D eigenvalue weighted by molar-refractivity contribution is -0.126. The molecule has 10 nitrogen and oxygen atoms in total. The van der Waals surface area contributed by atoms with E-state index >= 15 is 0 Å². The number of nitrogens with one attached hydrogen (secondary N) is 1. The third-order valence-electron chi connectivity index (χ3n) is 5.60. The van der Waals surface area contributed by atoms with Crippen molar-refractivity contribution in [3.63, 3.8) is 0 Å². The first-order chi connectivity index (χ1) is 16.6. The van der Waals surface area contributed by atoms with E-state index in [1.807, 2.05) is 19.9 Å². The lowest BCUT2D eigenvalue weighted by Gasteiger charge is -2.32. The zero-order valence-corrected chi connectivity index (χ0v) is 21.3. The summed E-state index contributed by atoms with van der Waals surface area (Å²) in [5.41, 5.74) is 11.9. The number of hydrogen-bond acceptors (Lipinski definition) is 8. The summed E-state index contributed by atoms with van der Waals surface area (Å²) in [6, 6.07) is 4.61. The van der Waals surface area contributed by atoms with Gasteiger partial charge in [0.1, 0.15) is 10.9 Å². The lowest BCUT2D eigenvalue weighted by atomic mass is 10.00. The molecule has 0 spiro atoms. The molecule has 1 aromatic carbocycles. The molecule has 0 radical (unpaired) electrons. The molecule has 11 heteroatoms. The number of ether oxygens (including phenoxy) is 2. The van der Waals surface area contributed by atoms with Crippen LogP contribution in [0.4, 0.5) is 5.69 Å². The largest absolute Gasteiger partial charge is 0.454 e. The van der Waals surface area contributed by atoms with Crippen LogP contribution in [0.25, 0.3) is 0 Å². The second-order valence-electron chi connectivity index (χ2n) is 9.38. The molecule has 5 N–H and O–H groups in total. The zero-order valence-electron chi connectivity index (χ0n) is 20.5. The van der Waals surface area contributed by atoms with Crippen molar-refractivity contribution in [2.75, 3.05) is 19.1 Å². The van der Waals surface area contributed by atoms with Gasteiger partial charge in [0.25, 0.3) is 11.8 Å². The maximum Gasteiger partial charge on any atom is 0.270 e. The van der Waals surface area contributed by atoms with E-state index in [9.17, 15) is 14.4 Å². The average Bonchev–Trinajstić information content (AvgIpc) is 3.41. The number of rotatable bonds is 11. The molecule has 0 saturated heterocycles. The maximum absolute atomic E-state index is 13.8. The van der Waals surface area contributed by atoms with E-state index in [1.165, 1.54) is 4.90 Å². The number of nitrogens with two attached hydrogens (primary N) is 2. The molecule has 0 aliphatic carbocycles. The van der Waals surface area contributed by atoms with Crippen LogP contribution < -0.4 is 26.3 Å². The number of hydrogen-bond donors (Lipinski definition) is 3. The van der Waals surface area contributed by atoms with Gasteiger partial charge in [-0.3, -0.25) is 14.4 Å². The number of primary amides is 1. The van der Waals surface area contributed by atoms with Crippen LogP contribution in [-0.4, -0.2) is 46.4 Å². The van der Waals surface area contributed by atoms with Gasteiger partial charge in [0.15, 0.2) is 17.2 Å². The van der Waals surface area contributed by atoms with Gasteiger partial charge in [-0.25, -0.2) is 0 Å². The molecule has 2 aromatic rings. The normalized spacial score (nSPS) is 13.2. The fourth-order valence-corrected chi connectivity index (χ4v) is 4.50. The standard InChI is InChI=1S/C24H33N5O5S/c1-13(2)7-8-27-23(31)16(9-14(3)4)29(11-15-5-6-17-18(10-15)34-12-33-17)24(32)21-19(25)20(22(26)30)28-35-21/h5-6,10,13-14,16H,7-9,11-12,25H2,1-4H3,(H2,26,30)(H,27,31)/t16-/m0/s1. The molecule has 3 rings (SSSR count). The van der Waals surface area contributed by atoms with Crippen molar-refractivity contribution in [2.45, 2.75) is 53.1 Å². The molecule has 0 fully saturated rings. The minimum absolute atomic E-state index is 0.0725. The van der Waals surface area contributed by atoms with Crippen LogP contribution >= 0.6 is 11.5 Å². The Hall–Kier alpha value is -3.34. The quantitative estimate of drug-likeness (QED) is 0.427. The van der Waals surface area contributed by atoms with Gasteiger partial charge >= 0.3 is 0 Å². The molecule has 0 saturated carbocycles. The van der Waals surface area contributed by atoms with Crippen LogP contribution in [0.2, 0.25) is 0 Å². The van der Waals surface area contributed by atoms with Crippen LogP contribution in [0, 0.1) is 11.8 Å². The molecule has 0 unspecified atom stereocenters. The van der Waals surface area contributed by atoms with Gasteiger partial charge in [-0.05, 0) is 53.9 Å². The fourth-order valence-electron chi connectivity index (χ4n) is 3.74. The second-order valence-corrected chi connectivity index (χ2v) is 10.2. The number of benzene rings is 1. The van der Waals surface area contributed by atoms with Gasteiger partial charge in [0, 0.05) is 13.1 Å². The van der Waals surface area contributed by atoms with Crippen LogP contribution in [0.3, 0.4) is 0 Å². The Labute approximate surface area is 209 Å². The summed E-state index contributed by atoms with van der Waals surface area (Å²) in [5.74, 6) is 0.198. The van der Waals surface area contributed by atoms with E-state index < -0.39 is 17.9 Å². The Bertz CT molecular complexity index is 1080. The Balaban J connectivity index is 1.97. The summed E-state index contributed by atoms with van der Waals surface area (Å²) in [6.07, 6.45) is 1.26. The Morgan fingerprint density at radius 2 is 1.86 bits per heavy atom. The van der Waals surface area contributed by atoms with E-state index in [2.05, 4.69) is 23.5 Å². The fraction of sp³-hybridized carbons (Fsp3) is 0.500. The van der Waals surface area contributed by atoms with Gasteiger partial charge in [0.2, 0.25) is 12.7 Å². The van der Waals surface area contributed by atoms with Gasteiger partial charge < -0.3 is 31.2 Å². The van der Waals surface area contributed by atoms with Gasteiger partial charge in [0.05, 0.1) is 5.69 Å². The average molecular weight is 504 g/mol. The molecule has 190 valence electrons. The third kappa shape index (κ3) is 6.41. The predicted molar refractivity (Wildman–Crippen MR) is 133 cm³/mol. The Morgan fingerprint density at radius 3 is 2.49 bits per heavy atom. The van der Waals surface area contributed by atoms with E-state index in [4.69, 9.17) is 20.9 Å². The van der Waals surface area contributed by atoms with Crippen molar-refractivity contribution in [1.82, 2.24) is 14.6 Å². The molecular weight excluding hydrogens is 470 g/mol. The van der Waals surface area contributed by atoms with Crippen molar-refractivity contribution in [1.29, 1.82) is 0 Å². The lowest BCUT2D eigenvalue weighted by Crippen LogP contribution is -2.50. The second kappa shape index (κ2) is 11.4. The predicted octanol–water partition coefficient (Wildman–Crippen LogP) is 2.77. The molecule has 3 amide bonds. The highest BCUT2D eigenvalue weighted by Crippen LogP contribution is 2.34. The Kier molecular flexibility index (Phi) is 8.55. The summed E-state index contributed by atoms with van der Waals surface area (Å²) >= 11 is 0.798. The van der Waals surface area contributed by atoms with Crippen LogP contribution in [0.1, 0.15) is 66.3 Å². The number of carbonyl (C=O) groups is 3.